The smallest absolute Gasteiger partial charge is 0.393 e. The summed E-state index contributed by atoms with van der Waals surface area (Å²) < 4.78 is 77.7. The van der Waals surface area contributed by atoms with E-state index >= 15 is 0 Å². The molecule has 1 atom stereocenters. The minimum Gasteiger partial charge on any atom is -0.393 e. The second-order valence-electron chi connectivity index (χ2n) is 9.49. The van der Waals surface area contributed by atoms with E-state index in [4.69, 9.17) is 0 Å². The number of alkyl halides is 6. The third-order valence-electron chi connectivity index (χ3n) is 6.74. The first-order valence-corrected chi connectivity index (χ1v) is 12.2. The second-order valence-corrected chi connectivity index (χ2v) is 9.49. The Balaban J connectivity index is 1.60. The highest BCUT2D eigenvalue weighted by atomic mass is 19.4. The average Bonchev–Trinajstić information content (AvgIpc) is 2.82. The lowest BCUT2D eigenvalue weighted by molar-refractivity contribution is -0.138. The number of amides is 2. The van der Waals surface area contributed by atoms with Gasteiger partial charge in [0.1, 0.15) is 0 Å². The second kappa shape index (κ2) is 10.8. The van der Waals surface area contributed by atoms with Gasteiger partial charge in [-0.2, -0.15) is 26.3 Å². The van der Waals surface area contributed by atoms with Crippen molar-refractivity contribution < 1.29 is 41.0 Å². The van der Waals surface area contributed by atoms with Gasteiger partial charge in [0.25, 0.3) is 0 Å². The molecule has 4 rings (SSSR count). The highest BCUT2D eigenvalue weighted by Crippen LogP contribution is 2.40. The van der Waals surface area contributed by atoms with Crippen LogP contribution < -0.4 is 10.2 Å². The number of carbonyl (C=O) groups excluding carboxylic acids is 2. The maximum atomic E-state index is 13.4. The van der Waals surface area contributed by atoms with Crippen molar-refractivity contribution in [3.8, 4) is 0 Å². The Labute approximate surface area is 215 Å². The van der Waals surface area contributed by atoms with Gasteiger partial charge < -0.3 is 15.3 Å². The fourth-order valence-electron chi connectivity index (χ4n) is 4.89. The number of hydrogen-bond acceptors (Lipinski definition) is 3. The zero-order chi connectivity index (χ0) is 27.7. The standard InChI is InChI=1S/C27H26F6N2O3/c28-26(29,30)11-2-5-25(38)35-12-10-17(20-9-7-18(14-23(20)35)27(31,32)33)13-24(37)34-22-4-1-3-16-6-8-19(36)15-21(16)22/h1,3-4,7,9,13-14,19,36H,2,5-6,8,10-12,15H2,(H,34,37). The maximum absolute atomic E-state index is 13.4. The lowest BCUT2D eigenvalue weighted by atomic mass is 9.88. The van der Waals surface area contributed by atoms with Gasteiger partial charge in [0.2, 0.25) is 11.8 Å². The number of nitrogens with zero attached hydrogens (tertiary/aromatic N) is 1. The molecule has 0 saturated heterocycles. The summed E-state index contributed by atoms with van der Waals surface area (Å²) in [5.41, 5.74) is 1.90. The van der Waals surface area contributed by atoms with E-state index in [2.05, 4.69) is 5.32 Å². The van der Waals surface area contributed by atoms with Gasteiger partial charge in [-0.25, -0.2) is 0 Å². The number of anilines is 2. The summed E-state index contributed by atoms with van der Waals surface area (Å²) in [4.78, 5) is 26.7. The van der Waals surface area contributed by atoms with Crippen molar-refractivity contribution in [2.45, 2.75) is 63.4 Å². The summed E-state index contributed by atoms with van der Waals surface area (Å²) in [6.45, 7) is -0.0782. The minimum absolute atomic E-state index is 0.0782. The summed E-state index contributed by atoms with van der Waals surface area (Å²) in [5, 5.41) is 12.8. The van der Waals surface area contributed by atoms with Gasteiger partial charge in [0, 0.05) is 43.1 Å². The average molecular weight is 541 g/mol. The number of benzene rings is 2. The van der Waals surface area contributed by atoms with E-state index in [1.165, 1.54) is 12.1 Å². The monoisotopic (exact) mass is 540 g/mol. The van der Waals surface area contributed by atoms with Crippen LogP contribution in [0.15, 0.2) is 42.5 Å². The zero-order valence-corrected chi connectivity index (χ0v) is 20.3. The molecule has 0 radical (unpaired) electrons. The van der Waals surface area contributed by atoms with Gasteiger partial charge in [0.15, 0.2) is 0 Å². The number of halogens is 6. The van der Waals surface area contributed by atoms with Crippen molar-refractivity contribution in [2.75, 3.05) is 16.8 Å². The van der Waals surface area contributed by atoms with Crippen LogP contribution in [-0.4, -0.2) is 35.7 Å². The molecule has 1 aliphatic heterocycles. The molecular formula is C27H26F6N2O3. The van der Waals surface area contributed by atoms with E-state index in [1.807, 2.05) is 6.07 Å². The number of carbonyl (C=O) groups is 2. The first-order valence-electron chi connectivity index (χ1n) is 12.2. The SMILES string of the molecule is O=C(C=C1CCN(C(=O)CCCC(F)(F)F)c2cc(C(F)(F)F)ccc21)Nc1cccc2c1CC(O)CC2. The maximum Gasteiger partial charge on any atom is 0.416 e. The molecule has 38 heavy (non-hydrogen) atoms. The summed E-state index contributed by atoms with van der Waals surface area (Å²) in [5.74, 6) is -1.24. The number of aryl methyl sites for hydroxylation is 1. The fourth-order valence-corrected chi connectivity index (χ4v) is 4.89. The molecule has 1 heterocycles. The molecule has 0 spiro atoms. The van der Waals surface area contributed by atoms with Gasteiger partial charge >= 0.3 is 12.4 Å². The van der Waals surface area contributed by atoms with Crippen LogP contribution in [0.1, 0.15) is 54.4 Å². The molecule has 2 aromatic rings. The number of fused-ring (bicyclic) bond motifs is 2. The molecule has 0 bridgehead atoms. The van der Waals surface area contributed by atoms with Crippen LogP contribution in [0.4, 0.5) is 37.7 Å². The molecule has 0 saturated carbocycles. The van der Waals surface area contributed by atoms with Gasteiger partial charge in [-0.1, -0.05) is 18.2 Å². The number of hydrogen-bond donors (Lipinski definition) is 2. The third-order valence-corrected chi connectivity index (χ3v) is 6.74. The Morgan fingerprint density at radius 3 is 2.55 bits per heavy atom. The summed E-state index contributed by atoms with van der Waals surface area (Å²) in [6, 6.07) is 8.22. The van der Waals surface area contributed by atoms with Crippen molar-refractivity contribution >= 4 is 28.8 Å². The molecule has 2 aromatic carbocycles. The summed E-state index contributed by atoms with van der Waals surface area (Å²) in [7, 11) is 0. The Bertz CT molecular complexity index is 1250. The van der Waals surface area contributed by atoms with Crippen LogP contribution in [0.3, 0.4) is 0 Å². The molecule has 204 valence electrons. The molecule has 2 amide bonds. The molecular weight excluding hydrogens is 514 g/mol. The molecule has 2 aliphatic rings. The Kier molecular flexibility index (Phi) is 7.87. The predicted octanol–water partition coefficient (Wildman–Crippen LogP) is 6.05. The normalized spacial score (nSPS) is 18.7. The van der Waals surface area contributed by atoms with Crippen LogP contribution in [0, 0.1) is 0 Å². The van der Waals surface area contributed by atoms with Crippen molar-refractivity contribution in [2.24, 2.45) is 0 Å². The van der Waals surface area contributed by atoms with Crippen LogP contribution in [0.2, 0.25) is 0 Å². The Morgan fingerprint density at radius 2 is 1.84 bits per heavy atom. The van der Waals surface area contributed by atoms with E-state index in [1.54, 1.807) is 12.1 Å². The van der Waals surface area contributed by atoms with E-state index in [9.17, 15) is 41.0 Å². The molecule has 5 nitrogen and oxygen atoms in total. The third kappa shape index (κ3) is 6.56. The number of aliphatic hydroxyl groups excluding tert-OH is 1. The van der Waals surface area contributed by atoms with E-state index in [0.29, 0.717) is 30.5 Å². The first-order chi connectivity index (χ1) is 17.8. The fraction of sp³-hybridized carbons (Fsp3) is 0.407. The Morgan fingerprint density at radius 1 is 1.08 bits per heavy atom. The Hall–Kier alpha value is -3.34. The summed E-state index contributed by atoms with van der Waals surface area (Å²) >= 11 is 0. The minimum atomic E-state index is -4.70. The molecule has 2 N–H and O–H groups in total. The van der Waals surface area contributed by atoms with Crippen molar-refractivity contribution in [3.63, 3.8) is 0 Å². The van der Waals surface area contributed by atoms with Gasteiger partial charge in [-0.05, 0) is 60.6 Å². The summed E-state index contributed by atoms with van der Waals surface area (Å²) in [6.07, 6.45) is -8.72. The van der Waals surface area contributed by atoms with E-state index < -0.39 is 55.1 Å². The molecule has 0 fully saturated rings. The van der Waals surface area contributed by atoms with Crippen LogP contribution >= 0.6 is 0 Å². The van der Waals surface area contributed by atoms with E-state index in [-0.39, 0.29) is 24.2 Å². The predicted molar refractivity (Wildman–Crippen MR) is 129 cm³/mol. The molecule has 11 heteroatoms. The quantitative estimate of drug-likeness (QED) is 0.359. The van der Waals surface area contributed by atoms with Crippen LogP contribution in [-0.2, 0) is 28.6 Å². The van der Waals surface area contributed by atoms with Crippen molar-refractivity contribution in [1.29, 1.82) is 0 Å². The molecule has 0 aromatic heterocycles. The number of nitrogens with one attached hydrogen (secondary N) is 1. The largest absolute Gasteiger partial charge is 0.416 e. The van der Waals surface area contributed by atoms with Crippen LogP contribution in [0.25, 0.3) is 5.57 Å². The lowest BCUT2D eigenvalue weighted by Gasteiger charge is -2.32. The highest BCUT2D eigenvalue weighted by Gasteiger charge is 2.34. The van der Waals surface area contributed by atoms with Gasteiger partial charge in [0.05, 0.1) is 17.4 Å². The molecule has 1 aliphatic carbocycles. The van der Waals surface area contributed by atoms with Crippen molar-refractivity contribution in [3.05, 3.63) is 64.7 Å². The topological polar surface area (TPSA) is 69.6 Å². The lowest BCUT2D eigenvalue weighted by Crippen LogP contribution is -2.35. The zero-order valence-electron chi connectivity index (χ0n) is 20.3. The van der Waals surface area contributed by atoms with Gasteiger partial charge in [-0.15, -0.1) is 0 Å². The number of rotatable bonds is 5. The van der Waals surface area contributed by atoms with Gasteiger partial charge in [-0.3, -0.25) is 9.59 Å². The molecule has 1 unspecified atom stereocenters. The highest BCUT2D eigenvalue weighted by molar-refractivity contribution is 6.07. The number of aliphatic hydroxyl groups is 1. The van der Waals surface area contributed by atoms with Crippen molar-refractivity contribution in [1.82, 2.24) is 0 Å². The first kappa shape index (κ1) is 27.7. The van der Waals surface area contributed by atoms with Crippen LogP contribution in [0.5, 0.6) is 0 Å². The van der Waals surface area contributed by atoms with E-state index in [0.717, 1.165) is 28.2 Å².